The van der Waals surface area contributed by atoms with Gasteiger partial charge in [-0.25, -0.2) is 15.0 Å². The summed E-state index contributed by atoms with van der Waals surface area (Å²) in [6.07, 6.45) is -0.303. The van der Waals surface area contributed by atoms with Gasteiger partial charge in [-0.15, -0.1) is 0 Å². The Morgan fingerprint density at radius 3 is 1.70 bits per heavy atom. The van der Waals surface area contributed by atoms with Gasteiger partial charge in [-0.1, -0.05) is 91.0 Å². The molecule has 130 valence electrons. The van der Waals surface area contributed by atoms with Crippen molar-refractivity contribution in [3.63, 3.8) is 0 Å². The summed E-state index contributed by atoms with van der Waals surface area (Å²) in [7, 11) is 0. The molecule has 2 aliphatic rings. The highest BCUT2D eigenvalue weighted by Gasteiger charge is 2.32. The van der Waals surface area contributed by atoms with Crippen molar-refractivity contribution in [1.29, 1.82) is 0 Å². The van der Waals surface area contributed by atoms with E-state index in [4.69, 9.17) is 15.1 Å². The predicted molar refractivity (Wildman–Crippen MR) is 109 cm³/mol. The summed E-state index contributed by atoms with van der Waals surface area (Å²) >= 11 is 0. The number of benzene rings is 3. The summed E-state index contributed by atoms with van der Waals surface area (Å²) in [4.78, 5) is 9.80. The van der Waals surface area contributed by atoms with Gasteiger partial charge in [0, 0.05) is 11.1 Å². The van der Waals surface area contributed by atoms with Gasteiger partial charge in [0.05, 0.1) is 18.0 Å². The highest BCUT2D eigenvalue weighted by Crippen LogP contribution is 2.24. The van der Waals surface area contributed by atoms with Crippen LogP contribution in [-0.2, 0) is 0 Å². The van der Waals surface area contributed by atoms with E-state index in [0.29, 0.717) is 6.54 Å². The van der Waals surface area contributed by atoms with Crippen molar-refractivity contribution in [1.82, 2.24) is 5.01 Å². The van der Waals surface area contributed by atoms with Gasteiger partial charge >= 0.3 is 0 Å². The summed E-state index contributed by atoms with van der Waals surface area (Å²) in [5, 5.41) is 6.92. The van der Waals surface area contributed by atoms with E-state index in [-0.39, 0.29) is 6.29 Å². The largest absolute Gasteiger partial charge is 0.246 e. The van der Waals surface area contributed by atoms with Gasteiger partial charge < -0.3 is 0 Å². The summed E-state index contributed by atoms with van der Waals surface area (Å²) in [6.45, 7) is 0.663. The molecule has 0 aromatic heterocycles. The predicted octanol–water partition coefficient (Wildman–Crippen LogP) is 3.98. The Morgan fingerprint density at radius 2 is 1.11 bits per heavy atom. The van der Waals surface area contributed by atoms with Crippen LogP contribution in [0.2, 0.25) is 0 Å². The molecule has 2 aliphatic heterocycles. The number of aliphatic imine (C=N–C) groups is 2. The molecule has 0 bridgehead atoms. The molecule has 4 nitrogen and oxygen atoms in total. The van der Waals surface area contributed by atoms with E-state index in [9.17, 15) is 0 Å². The zero-order valence-electron chi connectivity index (χ0n) is 14.7. The first-order valence-electron chi connectivity index (χ1n) is 9.05. The SMILES string of the molecule is c1ccc(C2=NC3N=C(c4ccccc4)C(c4ccccc4)=NN3C2)cc1. The minimum atomic E-state index is -0.303. The van der Waals surface area contributed by atoms with Crippen molar-refractivity contribution < 1.29 is 0 Å². The van der Waals surface area contributed by atoms with Crippen LogP contribution in [0.4, 0.5) is 0 Å². The molecule has 0 saturated heterocycles. The van der Waals surface area contributed by atoms with Crippen LogP contribution in [0.5, 0.6) is 0 Å². The molecule has 3 aromatic rings. The first kappa shape index (κ1) is 15.7. The molecule has 27 heavy (non-hydrogen) atoms. The molecule has 4 heteroatoms. The van der Waals surface area contributed by atoms with Crippen LogP contribution >= 0.6 is 0 Å². The molecule has 0 N–H and O–H groups in total. The maximum Gasteiger partial charge on any atom is 0.232 e. The summed E-state index contributed by atoms with van der Waals surface area (Å²) in [5.41, 5.74) is 6.05. The molecule has 0 fully saturated rings. The first-order valence-corrected chi connectivity index (χ1v) is 9.05. The summed E-state index contributed by atoms with van der Waals surface area (Å²) in [5.74, 6) is 0. The molecule has 5 rings (SSSR count). The number of rotatable bonds is 3. The molecule has 1 unspecified atom stereocenters. The molecule has 0 spiro atoms. The molecule has 0 saturated carbocycles. The van der Waals surface area contributed by atoms with Crippen LogP contribution in [0.15, 0.2) is 106 Å². The minimum Gasteiger partial charge on any atom is -0.246 e. The van der Waals surface area contributed by atoms with Gasteiger partial charge in [0.2, 0.25) is 6.29 Å². The van der Waals surface area contributed by atoms with Crippen molar-refractivity contribution in [3.05, 3.63) is 108 Å². The third kappa shape index (κ3) is 2.95. The van der Waals surface area contributed by atoms with Crippen molar-refractivity contribution in [3.8, 4) is 0 Å². The molecule has 2 heterocycles. The molecular weight excluding hydrogens is 332 g/mol. The van der Waals surface area contributed by atoms with E-state index in [0.717, 1.165) is 33.8 Å². The topological polar surface area (TPSA) is 40.3 Å². The molecule has 1 atom stereocenters. The Morgan fingerprint density at radius 1 is 0.593 bits per heavy atom. The van der Waals surface area contributed by atoms with E-state index in [1.165, 1.54) is 0 Å². The monoisotopic (exact) mass is 350 g/mol. The lowest BCUT2D eigenvalue weighted by Crippen LogP contribution is -2.35. The zero-order chi connectivity index (χ0) is 18.1. The zero-order valence-corrected chi connectivity index (χ0v) is 14.7. The van der Waals surface area contributed by atoms with Crippen molar-refractivity contribution in [2.45, 2.75) is 6.29 Å². The van der Waals surface area contributed by atoms with Crippen LogP contribution in [-0.4, -0.2) is 35.0 Å². The lowest BCUT2D eigenvalue weighted by Gasteiger charge is -2.25. The van der Waals surface area contributed by atoms with E-state index in [1.54, 1.807) is 0 Å². The van der Waals surface area contributed by atoms with Crippen molar-refractivity contribution in [2.24, 2.45) is 15.1 Å². The average molecular weight is 350 g/mol. The quantitative estimate of drug-likeness (QED) is 0.704. The van der Waals surface area contributed by atoms with Gasteiger partial charge in [0.25, 0.3) is 0 Å². The second-order valence-electron chi connectivity index (χ2n) is 6.54. The first-order chi connectivity index (χ1) is 13.4. The Kier molecular flexibility index (Phi) is 3.87. The highest BCUT2D eigenvalue weighted by molar-refractivity contribution is 6.53. The van der Waals surface area contributed by atoms with E-state index in [1.807, 2.05) is 59.6 Å². The lowest BCUT2D eigenvalue weighted by molar-refractivity contribution is 0.268. The Labute approximate surface area is 158 Å². The normalized spacial score (nSPS) is 18.4. The lowest BCUT2D eigenvalue weighted by atomic mass is 9.99. The molecule has 3 aromatic carbocycles. The van der Waals surface area contributed by atoms with Crippen molar-refractivity contribution >= 4 is 17.1 Å². The number of hydrogen-bond donors (Lipinski definition) is 0. The molecule has 0 amide bonds. The second-order valence-corrected chi connectivity index (χ2v) is 6.54. The maximum atomic E-state index is 4.97. The average Bonchev–Trinajstić information content (AvgIpc) is 3.18. The van der Waals surface area contributed by atoms with E-state index in [2.05, 4.69) is 36.4 Å². The highest BCUT2D eigenvalue weighted by atomic mass is 15.6. The third-order valence-electron chi connectivity index (χ3n) is 4.75. The second kappa shape index (κ2) is 6.65. The molecular formula is C23H18N4. The van der Waals surface area contributed by atoms with Gasteiger partial charge in [-0.05, 0) is 5.56 Å². The van der Waals surface area contributed by atoms with E-state index < -0.39 is 0 Å². The Bertz CT molecular complexity index is 1040. The smallest absolute Gasteiger partial charge is 0.232 e. The van der Waals surface area contributed by atoms with Gasteiger partial charge in [-0.2, -0.15) is 5.10 Å². The number of nitrogens with zero attached hydrogens (tertiary/aromatic N) is 4. The van der Waals surface area contributed by atoms with E-state index >= 15 is 0 Å². The van der Waals surface area contributed by atoms with Crippen LogP contribution in [0, 0.1) is 0 Å². The fourth-order valence-corrected chi connectivity index (χ4v) is 3.41. The van der Waals surface area contributed by atoms with Gasteiger partial charge in [0.15, 0.2) is 0 Å². The third-order valence-corrected chi connectivity index (χ3v) is 4.75. The Balaban J connectivity index is 1.59. The van der Waals surface area contributed by atoms with Gasteiger partial charge in [0.1, 0.15) is 5.71 Å². The van der Waals surface area contributed by atoms with Crippen LogP contribution in [0.1, 0.15) is 16.7 Å². The van der Waals surface area contributed by atoms with Crippen LogP contribution < -0.4 is 0 Å². The molecule has 0 radical (unpaired) electrons. The summed E-state index contributed by atoms with van der Waals surface area (Å²) < 4.78 is 0. The standard InChI is InChI=1S/C23H18N4/c1-4-10-17(11-5-1)20-16-27-23(24-20)25-21(18-12-6-2-7-13-18)22(26-27)19-14-8-3-9-15-19/h1-15,23H,16H2. The summed E-state index contributed by atoms with van der Waals surface area (Å²) in [6, 6.07) is 30.7. The minimum absolute atomic E-state index is 0.303. The van der Waals surface area contributed by atoms with Crippen LogP contribution in [0.25, 0.3) is 0 Å². The Hall–Kier alpha value is -3.53. The fourth-order valence-electron chi connectivity index (χ4n) is 3.41. The maximum absolute atomic E-state index is 4.97. The van der Waals surface area contributed by atoms with Crippen molar-refractivity contribution in [2.75, 3.05) is 6.54 Å². The number of hydrazone groups is 1. The fraction of sp³-hybridized carbons (Fsp3) is 0.0870. The van der Waals surface area contributed by atoms with Gasteiger partial charge in [-0.3, -0.25) is 0 Å². The number of fused-ring (bicyclic) bond motifs is 1. The number of hydrogen-bond acceptors (Lipinski definition) is 4. The van der Waals surface area contributed by atoms with Crippen LogP contribution in [0.3, 0.4) is 0 Å². The molecule has 0 aliphatic carbocycles.